The quantitative estimate of drug-likeness (QED) is 0.260. The molecule has 0 radical (unpaired) electrons. The van der Waals surface area contributed by atoms with Crippen LogP contribution >= 0.6 is 24.0 Å². The Morgan fingerprint density at radius 1 is 1.13 bits per heavy atom. The third-order valence-corrected chi connectivity index (χ3v) is 4.25. The summed E-state index contributed by atoms with van der Waals surface area (Å²) >= 11 is 0. The Labute approximate surface area is 194 Å². The molecule has 2 aromatic carbocycles. The van der Waals surface area contributed by atoms with Crippen molar-refractivity contribution in [3.8, 4) is 17.2 Å². The summed E-state index contributed by atoms with van der Waals surface area (Å²) in [6.45, 7) is 5.85. The van der Waals surface area contributed by atoms with Gasteiger partial charge in [0.25, 0.3) is 0 Å². The van der Waals surface area contributed by atoms with Crippen molar-refractivity contribution in [1.82, 2.24) is 14.9 Å². The highest BCUT2D eigenvalue weighted by molar-refractivity contribution is 14.0. The first-order chi connectivity index (χ1) is 14.2. The lowest BCUT2D eigenvalue weighted by Crippen LogP contribution is -2.30. The summed E-state index contributed by atoms with van der Waals surface area (Å²) in [7, 11) is 1.63. The van der Waals surface area contributed by atoms with Gasteiger partial charge < -0.3 is 24.7 Å². The van der Waals surface area contributed by atoms with E-state index in [9.17, 15) is 0 Å². The minimum Gasteiger partial charge on any atom is -0.493 e. The zero-order chi connectivity index (χ0) is 20.5. The van der Waals surface area contributed by atoms with E-state index in [0.717, 1.165) is 29.2 Å². The number of benzene rings is 2. The smallest absolute Gasteiger partial charge is 0.196 e. The highest BCUT2D eigenvalue weighted by Gasteiger charge is 2.08. The fourth-order valence-corrected chi connectivity index (χ4v) is 2.93. The number of imidazole rings is 1. The number of hydrogen-bond donors (Lipinski definition) is 2. The molecule has 1 aromatic heterocycles. The van der Waals surface area contributed by atoms with Crippen LogP contribution in [0.4, 0.5) is 5.69 Å². The van der Waals surface area contributed by atoms with Crippen LogP contribution in [0.5, 0.6) is 11.5 Å². The summed E-state index contributed by atoms with van der Waals surface area (Å²) in [6.07, 6.45) is 5.49. The van der Waals surface area contributed by atoms with E-state index in [4.69, 9.17) is 14.5 Å². The van der Waals surface area contributed by atoms with E-state index in [-0.39, 0.29) is 24.0 Å². The number of guanidine groups is 1. The first-order valence-corrected chi connectivity index (χ1v) is 9.67. The van der Waals surface area contributed by atoms with E-state index in [2.05, 4.69) is 27.8 Å². The Bertz CT molecular complexity index is 944. The molecule has 0 unspecified atom stereocenters. The van der Waals surface area contributed by atoms with Gasteiger partial charge in [0.05, 0.1) is 32.3 Å². The van der Waals surface area contributed by atoms with Crippen LogP contribution in [0.15, 0.2) is 66.2 Å². The molecule has 8 heteroatoms. The van der Waals surface area contributed by atoms with E-state index in [0.29, 0.717) is 24.9 Å². The SMILES string of the molecule is CCNC(=NCc1ccccc1-n1ccnc1)Nc1ccc(OCC)c(OC)c1.I. The van der Waals surface area contributed by atoms with Gasteiger partial charge >= 0.3 is 0 Å². The molecule has 30 heavy (non-hydrogen) atoms. The number of nitrogens with zero attached hydrogens (tertiary/aromatic N) is 3. The lowest BCUT2D eigenvalue weighted by Gasteiger charge is -2.15. The van der Waals surface area contributed by atoms with Gasteiger partial charge in [-0.25, -0.2) is 9.98 Å². The average Bonchev–Trinajstić information content (AvgIpc) is 3.28. The second-order valence-electron chi connectivity index (χ2n) is 6.22. The Kier molecular flexibility index (Phi) is 9.46. The maximum absolute atomic E-state index is 5.58. The number of aromatic nitrogens is 2. The topological polar surface area (TPSA) is 72.7 Å². The van der Waals surface area contributed by atoms with Crippen molar-refractivity contribution in [2.24, 2.45) is 4.99 Å². The van der Waals surface area contributed by atoms with Crippen LogP contribution in [0.25, 0.3) is 5.69 Å². The number of methoxy groups -OCH3 is 1. The number of ether oxygens (including phenoxy) is 2. The first kappa shape index (κ1) is 23.5. The zero-order valence-electron chi connectivity index (χ0n) is 17.5. The fourth-order valence-electron chi connectivity index (χ4n) is 2.93. The molecule has 160 valence electrons. The van der Waals surface area contributed by atoms with E-state index in [1.54, 1.807) is 19.6 Å². The van der Waals surface area contributed by atoms with E-state index in [1.807, 2.05) is 54.9 Å². The summed E-state index contributed by atoms with van der Waals surface area (Å²) in [5, 5.41) is 6.61. The molecule has 0 saturated carbocycles. The highest BCUT2D eigenvalue weighted by atomic mass is 127. The van der Waals surface area contributed by atoms with Gasteiger partial charge in [0.1, 0.15) is 0 Å². The van der Waals surface area contributed by atoms with Crippen LogP contribution in [0.2, 0.25) is 0 Å². The molecule has 7 nitrogen and oxygen atoms in total. The Balaban J connectivity index is 0.00000320. The molecule has 3 aromatic rings. The van der Waals surface area contributed by atoms with Gasteiger partial charge in [0, 0.05) is 30.7 Å². The van der Waals surface area contributed by atoms with Crippen molar-refractivity contribution in [3.63, 3.8) is 0 Å². The zero-order valence-corrected chi connectivity index (χ0v) is 19.8. The standard InChI is InChI=1S/C22H27N5O2.HI/c1-4-24-22(26-18-10-11-20(29-5-2)21(14-18)28-3)25-15-17-8-6-7-9-19(17)27-13-12-23-16-27;/h6-14,16H,4-5,15H2,1-3H3,(H2,24,25,26);1H. The summed E-state index contributed by atoms with van der Waals surface area (Å²) in [4.78, 5) is 8.89. The molecule has 0 spiro atoms. The Morgan fingerprint density at radius 3 is 2.67 bits per heavy atom. The molecular weight excluding hydrogens is 493 g/mol. The third kappa shape index (κ3) is 6.12. The monoisotopic (exact) mass is 521 g/mol. The van der Waals surface area contributed by atoms with Crippen molar-refractivity contribution in [2.75, 3.05) is 25.6 Å². The predicted octanol–water partition coefficient (Wildman–Crippen LogP) is 4.48. The summed E-state index contributed by atoms with van der Waals surface area (Å²) in [5.74, 6) is 2.09. The highest BCUT2D eigenvalue weighted by Crippen LogP contribution is 2.30. The summed E-state index contributed by atoms with van der Waals surface area (Å²) in [6, 6.07) is 13.9. The van der Waals surface area contributed by atoms with Crippen LogP contribution in [0.1, 0.15) is 19.4 Å². The van der Waals surface area contributed by atoms with Crippen LogP contribution in [-0.4, -0.2) is 35.8 Å². The number of anilines is 1. The minimum atomic E-state index is 0. The molecule has 2 N–H and O–H groups in total. The van der Waals surface area contributed by atoms with Crippen LogP contribution in [-0.2, 0) is 6.54 Å². The normalized spacial score (nSPS) is 10.8. The lowest BCUT2D eigenvalue weighted by atomic mass is 10.2. The largest absolute Gasteiger partial charge is 0.493 e. The van der Waals surface area contributed by atoms with Gasteiger partial charge in [-0.3, -0.25) is 0 Å². The van der Waals surface area contributed by atoms with Gasteiger partial charge in [-0.1, -0.05) is 18.2 Å². The second kappa shape index (κ2) is 12.1. The molecule has 0 amide bonds. The van der Waals surface area contributed by atoms with Crippen molar-refractivity contribution in [2.45, 2.75) is 20.4 Å². The van der Waals surface area contributed by atoms with E-state index < -0.39 is 0 Å². The average molecular weight is 521 g/mol. The maximum Gasteiger partial charge on any atom is 0.196 e. The third-order valence-electron chi connectivity index (χ3n) is 4.25. The van der Waals surface area contributed by atoms with Crippen molar-refractivity contribution in [3.05, 3.63) is 66.7 Å². The number of para-hydroxylation sites is 1. The fraction of sp³-hybridized carbons (Fsp3) is 0.273. The van der Waals surface area contributed by atoms with Crippen molar-refractivity contribution >= 4 is 35.6 Å². The van der Waals surface area contributed by atoms with E-state index >= 15 is 0 Å². The predicted molar refractivity (Wildman–Crippen MR) is 132 cm³/mol. The number of aliphatic imine (C=N–C) groups is 1. The number of hydrogen-bond acceptors (Lipinski definition) is 4. The van der Waals surface area contributed by atoms with Gasteiger partial charge in [-0.15, -0.1) is 24.0 Å². The van der Waals surface area contributed by atoms with Crippen LogP contribution < -0.4 is 20.1 Å². The summed E-state index contributed by atoms with van der Waals surface area (Å²) in [5.41, 5.74) is 3.03. The van der Waals surface area contributed by atoms with Gasteiger partial charge in [-0.05, 0) is 37.6 Å². The lowest BCUT2D eigenvalue weighted by molar-refractivity contribution is 0.311. The molecule has 0 aliphatic carbocycles. The van der Waals surface area contributed by atoms with E-state index in [1.165, 1.54) is 0 Å². The first-order valence-electron chi connectivity index (χ1n) is 9.67. The Hall–Kier alpha value is -2.75. The van der Waals surface area contributed by atoms with Crippen LogP contribution in [0.3, 0.4) is 0 Å². The van der Waals surface area contributed by atoms with Gasteiger partial charge in [0.2, 0.25) is 0 Å². The number of halogens is 1. The molecule has 0 saturated heterocycles. The molecule has 0 bridgehead atoms. The molecule has 0 aliphatic rings. The van der Waals surface area contributed by atoms with Gasteiger partial charge in [0.15, 0.2) is 17.5 Å². The molecule has 1 heterocycles. The molecule has 3 rings (SSSR count). The number of nitrogens with one attached hydrogen (secondary N) is 2. The minimum absolute atomic E-state index is 0. The van der Waals surface area contributed by atoms with Gasteiger partial charge in [-0.2, -0.15) is 0 Å². The van der Waals surface area contributed by atoms with Crippen molar-refractivity contribution < 1.29 is 9.47 Å². The summed E-state index contributed by atoms with van der Waals surface area (Å²) < 4.78 is 13.0. The van der Waals surface area contributed by atoms with Crippen molar-refractivity contribution in [1.29, 1.82) is 0 Å². The molecule has 0 atom stereocenters. The van der Waals surface area contributed by atoms with Crippen LogP contribution in [0, 0.1) is 0 Å². The molecular formula is C22H28IN5O2. The number of rotatable bonds is 8. The second-order valence-corrected chi connectivity index (χ2v) is 6.22. The molecule has 0 fully saturated rings. The maximum atomic E-state index is 5.58. The molecule has 0 aliphatic heterocycles. The Morgan fingerprint density at radius 2 is 1.97 bits per heavy atom.